The Bertz CT molecular complexity index is 205. The van der Waals surface area contributed by atoms with Crippen molar-refractivity contribution in [2.24, 2.45) is 5.10 Å². The van der Waals surface area contributed by atoms with Crippen molar-refractivity contribution in [2.75, 3.05) is 20.1 Å². The van der Waals surface area contributed by atoms with Gasteiger partial charge in [-0.15, -0.1) is 0 Å². The lowest BCUT2D eigenvalue weighted by Gasteiger charge is -2.00. The summed E-state index contributed by atoms with van der Waals surface area (Å²) in [7, 11) is 2.04. The van der Waals surface area contributed by atoms with E-state index in [1.165, 1.54) is 0 Å². The number of nitrogens with zero attached hydrogens (tertiary/aromatic N) is 2. The molecule has 0 radical (unpaired) electrons. The Morgan fingerprint density at radius 1 is 1.64 bits per heavy atom. The largest absolute Gasteiger partial charge is 0.296 e. The van der Waals surface area contributed by atoms with Crippen LogP contribution >= 0.6 is 0 Å². The van der Waals surface area contributed by atoms with Crippen LogP contribution in [0.5, 0.6) is 0 Å². The van der Waals surface area contributed by atoms with Crippen molar-refractivity contribution in [1.82, 2.24) is 10.3 Å². The molecule has 0 unspecified atom stereocenters. The van der Waals surface area contributed by atoms with Gasteiger partial charge in [0.15, 0.2) is 0 Å². The van der Waals surface area contributed by atoms with Crippen LogP contribution < -0.4 is 5.43 Å². The van der Waals surface area contributed by atoms with E-state index in [1.54, 1.807) is 6.20 Å². The van der Waals surface area contributed by atoms with E-state index in [9.17, 15) is 0 Å². The number of likely N-dealkylation sites (tertiary alicyclic amines) is 1. The molecule has 3 heteroatoms. The highest BCUT2D eigenvalue weighted by atomic mass is 15.3. The zero-order chi connectivity index (χ0) is 8.27. The summed E-state index contributed by atoms with van der Waals surface area (Å²) >= 11 is 0. The van der Waals surface area contributed by atoms with Crippen molar-refractivity contribution in [2.45, 2.75) is 0 Å². The monoisotopic (exact) mass is 151 g/mol. The zero-order valence-corrected chi connectivity index (χ0v) is 6.80. The Morgan fingerprint density at radius 2 is 2.36 bits per heavy atom. The van der Waals surface area contributed by atoms with Crippen molar-refractivity contribution in [3.05, 3.63) is 24.9 Å². The lowest BCUT2D eigenvalue weighted by atomic mass is 10.2. The van der Waals surface area contributed by atoms with Crippen molar-refractivity contribution in [1.29, 1.82) is 0 Å². The van der Waals surface area contributed by atoms with Gasteiger partial charge in [-0.2, -0.15) is 5.10 Å². The molecule has 1 N–H and O–H groups in total. The molecule has 0 aromatic rings. The molecule has 0 aromatic heterocycles. The minimum atomic E-state index is 0.875. The smallest absolute Gasteiger partial charge is 0.0786 e. The molecule has 0 saturated carbocycles. The van der Waals surface area contributed by atoms with Gasteiger partial charge in [0, 0.05) is 19.3 Å². The maximum absolute atomic E-state index is 4.08. The van der Waals surface area contributed by atoms with Crippen LogP contribution in [-0.4, -0.2) is 30.7 Å². The van der Waals surface area contributed by atoms with Gasteiger partial charge in [-0.25, -0.2) is 0 Å². The summed E-state index contributed by atoms with van der Waals surface area (Å²) in [6, 6.07) is 0. The van der Waals surface area contributed by atoms with E-state index >= 15 is 0 Å². The maximum Gasteiger partial charge on any atom is 0.0786 e. The van der Waals surface area contributed by atoms with Crippen LogP contribution in [0.15, 0.2) is 30.0 Å². The van der Waals surface area contributed by atoms with Gasteiger partial charge in [-0.05, 0) is 12.6 Å². The Hall–Kier alpha value is -1.09. The normalized spacial score (nSPS) is 22.6. The van der Waals surface area contributed by atoms with Crippen LogP contribution in [0.2, 0.25) is 0 Å². The fraction of sp³-hybridized carbons (Fsp3) is 0.375. The lowest BCUT2D eigenvalue weighted by Crippen LogP contribution is -2.14. The van der Waals surface area contributed by atoms with E-state index in [1.807, 2.05) is 7.05 Å². The highest BCUT2D eigenvalue weighted by Crippen LogP contribution is 2.07. The van der Waals surface area contributed by atoms with Gasteiger partial charge in [-0.1, -0.05) is 13.2 Å². The molecule has 11 heavy (non-hydrogen) atoms. The first-order valence-electron chi connectivity index (χ1n) is 3.53. The average molecular weight is 151 g/mol. The Balaban J connectivity index is 2.59. The minimum absolute atomic E-state index is 0.875. The number of likely N-dealkylation sites (N-methyl/N-ethyl adjacent to an activating group) is 1. The van der Waals surface area contributed by atoms with Crippen molar-refractivity contribution >= 4 is 5.71 Å². The molecule has 0 bridgehead atoms. The van der Waals surface area contributed by atoms with E-state index in [2.05, 4.69) is 28.6 Å². The molecule has 1 rings (SSSR count). The summed E-state index contributed by atoms with van der Waals surface area (Å²) in [4.78, 5) is 2.16. The van der Waals surface area contributed by atoms with Crippen LogP contribution in [0.25, 0.3) is 0 Å². The van der Waals surface area contributed by atoms with Crippen LogP contribution in [-0.2, 0) is 0 Å². The number of hydrazone groups is 1. The molecule has 1 fully saturated rings. The second-order valence-electron chi connectivity index (χ2n) is 2.67. The van der Waals surface area contributed by atoms with Gasteiger partial charge in [0.05, 0.1) is 5.71 Å². The van der Waals surface area contributed by atoms with E-state index in [-0.39, 0.29) is 0 Å². The standard InChI is InChI=1S/C8H13N3/c1-4-9-10-8-6-11(3)5-7(8)2/h4,9H,1-2,5-6H2,3H3/b10-8-. The second-order valence-corrected chi connectivity index (χ2v) is 2.67. The molecule has 0 atom stereocenters. The Kier molecular flexibility index (Phi) is 2.44. The molecule has 0 amide bonds. The predicted octanol–water partition coefficient (Wildman–Crippen LogP) is 0.577. The molecule has 1 aliphatic rings. The molecule has 1 heterocycles. The molecular formula is C8H13N3. The molecule has 0 spiro atoms. The first-order valence-corrected chi connectivity index (χ1v) is 3.53. The van der Waals surface area contributed by atoms with Gasteiger partial charge in [0.2, 0.25) is 0 Å². The van der Waals surface area contributed by atoms with Gasteiger partial charge in [0.1, 0.15) is 0 Å². The SMILES string of the molecule is C=CN/N=C1/CN(C)CC1=C. The fourth-order valence-electron chi connectivity index (χ4n) is 1.08. The van der Waals surface area contributed by atoms with Gasteiger partial charge in [0.25, 0.3) is 0 Å². The van der Waals surface area contributed by atoms with Crippen molar-refractivity contribution < 1.29 is 0 Å². The highest BCUT2D eigenvalue weighted by molar-refractivity contribution is 6.03. The summed E-state index contributed by atoms with van der Waals surface area (Å²) in [6.07, 6.45) is 1.55. The zero-order valence-electron chi connectivity index (χ0n) is 6.80. The molecule has 60 valence electrons. The molecular weight excluding hydrogens is 138 g/mol. The predicted molar refractivity (Wildman–Crippen MR) is 47.4 cm³/mol. The van der Waals surface area contributed by atoms with E-state index in [0.29, 0.717) is 0 Å². The number of nitrogens with one attached hydrogen (secondary N) is 1. The van der Waals surface area contributed by atoms with E-state index < -0.39 is 0 Å². The number of hydrogen-bond acceptors (Lipinski definition) is 3. The van der Waals surface area contributed by atoms with Gasteiger partial charge in [-0.3, -0.25) is 10.3 Å². The van der Waals surface area contributed by atoms with E-state index in [0.717, 1.165) is 24.4 Å². The van der Waals surface area contributed by atoms with Crippen LogP contribution in [0.1, 0.15) is 0 Å². The summed E-state index contributed by atoms with van der Waals surface area (Å²) in [5.74, 6) is 0. The molecule has 1 aliphatic heterocycles. The van der Waals surface area contributed by atoms with Gasteiger partial charge >= 0.3 is 0 Å². The highest BCUT2D eigenvalue weighted by Gasteiger charge is 2.17. The third-order valence-electron chi connectivity index (χ3n) is 1.58. The summed E-state index contributed by atoms with van der Waals surface area (Å²) < 4.78 is 0. The van der Waals surface area contributed by atoms with Crippen molar-refractivity contribution in [3.63, 3.8) is 0 Å². The Labute approximate surface area is 67.1 Å². The summed E-state index contributed by atoms with van der Waals surface area (Å²) in [5, 5.41) is 4.08. The fourth-order valence-corrected chi connectivity index (χ4v) is 1.08. The lowest BCUT2D eigenvalue weighted by molar-refractivity contribution is 0.445. The molecule has 0 aromatic carbocycles. The minimum Gasteiger partial charge on any atom is -0.296 e. The first-order chi connectivity index (χ1) is 5.24. The average Bonchev–Trinajstić information content (AvgIpc) is 2.26. The van der Waals surface area contributed by atoms with Crippen LogP contribution in [0, 0.1) is 0 Å². The molecule has 3 nitrogen and oxygen atoms in total. The quantitative estimate of drug-likeness (QED) is 0.584. The number of rotatable bonds is 2. The summed E-state index contributed by atoms with van der Waals surface area (Å²) in [6.45, 7) is 9.19. The van der Waals surface area contributed by atoms with E-state index in [4.69, 9.17) is 0 Å². The first kappa shape index (κ1) is 8.01. The topological polar surface area (TPSA) is 27.6 Å². The van der Waals surface area contributed by atoms with Crippen LogP contribution in [0.4, 0.5) is 0 Å². The molecule has 0 aliphatic carbocycles. The van der Waals surface area contributed by atoms with Crippen molar-refractivity contribution in [3.8, 4) is 0 Å². The third kappa shape index (κ3) is 1.91. The maximum atomic E-state index is 4.08. The van der Waals surface area contributed by atoms with Crippen LogP contribution in [0.3, 0.4) is 0 Å². The Morgan fingerprint density at radius 3 is 2.82 bits per heavy atom. The van der Waals surface area contributed by atoms with Gasteiger partial charge < -0.3 is 0 Å². The molecule has 1 saturated heterocycles. The third-order valence-corrected chi connectivity index (χ3v) is 1.58. The number of hydrogen-bond donors (Lipinski definition) is 1. The second kappa shape index (κ2) is 3.34. The summed E-state index contributed by atoms with van der Waals surface area (Å²) in [5.41, 5.74) is 4.81.